The first kappa shape index (κ1) is 16.3. The van der Waals surface area contributed by atoms with Gasteiger partial charge in [0.05, 0.1) is 7.11 Å². The third-order valence-electron chi connectivity index (χ3n) is 4.45. The van der Waals surface area contributed by atoms with E-state index in [4.69, 9.17) is 10.5 Å². The summed E-state index contributed by atoms with van der Waals surface area (Å²) in [4.78, 5) is 5.10. The number of ether oxygens (including phenoxy) is 1. The Balaban J connectivity index is 2.07. The second-order valence-electron chi connectivity index (χ2n) is 5.91. The lowest BCUT2D eigenvalue weighted by Gasteiger charge is -2.43. The molecule has 1 heterocycles. The molecule has 1 aromatic carbocycles. The van der Waals surface area contributed by atoms with Gasteiger partial charge in [-0.1, -0.05) is 19.1 Å². The van der Waals surface area contributed by atoms with E-state index in [0.717, 1.165) is 25.4 Å². The van der Waals surface area contributed by atoms with Crippen LogP contribution in [0.15, 0.2) is 24.3 Å². The summed E-state index contributed by atoms with van der Waals surface area (Å²) in [5.74, 6) is 0.906. The van der Waals surface area contributed by atoms with Crippen LogP contribution in [0.4, 0.5) is 0 Å². The van der Waals surface area contributed by atoms with Gasteiger partial charge in [0.15, 0.2) is 0 Å². The molecule has 4 nitrogen and oxygen atoms in total. The minimum atomic E-state index is 0.284. The number of piperazine rings is 1. The van der Waals surface area contributed by atoms with Gasteiger partial charge in [-0.15, -0.1) is 0 Å². The van der Waals surface area contributed by atoms with E-state index in [-0.39, 0.29) is 6.04 Å². The van der Waals surface area contributed by atoms with E-state index in [1.807, 2.05) is 12.1 Å². The molecule has 0 aromatic heterocycles. The van der Waals surface area contributed by atoms with Crippen LogP contribution in [-0.2, 0) is 0 Å². The summed E-state index contributed by atoms with van der Waals surface area (Å²) in [7, 11) is 1.71. The Labute approximate surface area is 128 Å². The predicted molar refractivity (Wildman–Crippen MR) is 87.7 cm³/mol. The van der Waals surface area contributed by atoms with Gasteiger partial charge in [-0.25, -0.2) is 0 Å². The van der Waals surface area contributed by atoms with Crippen molar-refractivity contribution < 1.29 is 4.74 Å². The Morgan fingerprint density at radius 2 is 2.19 bits per heavy atom. The molecular weight excluding hydrogens is 262 g/mol. The highest BCUT2D eigenvalue weighted by molar-refractivity contribution is 5.31. The third-order valence-corrected chi connectivity index (χ3v) is 4.45. The fraction of sp³-hybridized carbons (Fsp3) is 0.647. The number of methoxy groups -OCH3 is 1. The third kappa shape index (κ3) is 3.96. The monoisotopic (exact) mass is 291 g/mol. The van der Waals surface area contributed by atoms with Crippen LogP contribution < -0.4 is 10.5 Å². The maximum Gasteiger partial charge on any atom is 0.119 e. The molecule has 4 heteroatoms. The van der Waals surface area contributed by atoms with Crippen molar-refractivity contribution in [2.45, 2.75) is 32.4 Å². The molecule has 0 bridgehead atoms. The zero-order chi connectivity index (χ0) is 15.2. The molecule has 1 aliphatic heterocycles. The SMILES string of the molecule is CCCN1CCN(C(CN)c2cccc(OC)c2)CC1C. The number of rotatable bonds is 6. The molecule has 1 fully saturated rings. The van der Waals surface area contributed by atoms with Gasteiger partial charge in [0, 0.05) is 38.3 Å². The van der Waals surface area contributed by atoms with Gasteiger partial charge < -0.3 is 10.5 Å². The van der Waals surface area contributed by atoms with Crippen LogP contribution in [0.25, 0.3) is 0 Å². The second-order valence-corrected chi connectivity index (χ2v) is 5.91. The van der Waals surface area contributed by atoms with E-state index in [2.05, 4.69) is 35.8 Å². The number of benzene rings is 1. The largest absolute Gasteiger partial charge is 0.497 e. The summed E-state index contributed by atoms with van der Waals surface area (Å²) < 4.78 is 5.34. The first-order valence-electron chi connectivity index (χ1n) is 8.01. The molecule has 1 saturated heterocycles. The summed E-state index contributed by atoms with van der Waals surface area (Å²) in [6.07, 6.45) is 1.22. The van der Waals surface area contributed by atoms with Crippen LogP contribution in [0.2, 0.25) is 0 Å². The Hall–Kier alpha value is -1.10. The van der Waals surface area contributed by atoms with Gasteiger partial charge >= 0.3 is 0 Å². The first-order chi connectivity index (χ1) is 10.2. The average molecular weight is 291 g/mol. The van der Waals surface area contributed by atoms with Gasteiger partial charge in [-0.2, -0.15) is 0 Å². The van der Waals surface area contributed by atoms with E-state index in [9.17, 15) is 0 Å². The first-order valence-corrected chi connectivity index (χ1v) is 8.01. The van der Waals surface area contributed by atoms with E-state index in [1.54, 1.807) is 7.11 Å². The van der Waals surface area contributed by atoms with Gasteiger partial charge in [-0.3, -0.25) is 9.80 Å². The Morgan fingerprint density at radius 1 is 1.38 bits per heavy atom. The zero-order valence-electron chi connectivity index (χ0n) is 13.6. The molecule has 1 aromatic rings. The van der Waals surface area contributed by atoms with Crippen molar-refractivity contribution in [3.63, 3.8) is 0 Å². The van der Waals surface area contributed by atoms with Crippen molar-refractivity contribution in [3.05, 3.63) is 29.8 Å². The summed E-state index contributed by atoms with van der Waals surface area (Å²) in [6.45, 7) is 9.71. The fourth-order valence-electron chi connectivity index (χ4n) is 3.27. The molecule has 0 aliphatic carbocycles. The molecular formula is C17H29N3O. The summed E-state index contributed by atoms with van der Waals surface area (Å²) in [5.41, 5.74) is 7.33. The summed E-state index contributed by atoms with van der Waals surface area (Å²) >= 11 is 0. The van der Waals surface area contributed by atoms with Crippen LogP contribution in [0.3, 0.4) is 0 Å². The van der Waals surface area contributed by atoms with Crippen LogP contribution in [-0.4, -0.2) is 55.7 Å². The number of nitrogens with zero attached hydrogens (tertiary/aromatic N) is 2. The van der Waals surface area contributed by atoms with E-state index in [1.165, 1.54) is 18.5 Å². The van der Waals surface area contributed by atoms with E-state index < -0.39 is 0 Å². The Morgan fingerprint density at radius 3 is 2.81 bits per heavy atom. The van der Waals surface area contributed by atoms with Gasteiger partial charge in [0.25, 0.3) is 0 Å². The van der Waals surface area contributed by atoms with Gasteiger partial charge in [0.1, 0.15) is 5.75 Å². The standard InChI is InChI=1S/C17H29N3O/c1-4-8-19-9-10-20(13-14(19)2)17(12-18)15-6-5-7-16(11-15)21-3/h5-7,11,14,17H,4,8-10,12-13,18H2,1-3H3. The van der Waals surface area contributed by atoms with Crippen molar-refractivity contribution in [1.82, 2.24) is 9.80 Å². The fourth-order valence-corrected chi connectivity index (χ4v) is 3.27. The normalized spacial score (nSPS) is 22.2. The lowest BCUT2D eigenvalue weighted by Crippen LogP contribution is -2.53. The highest BCUT2D eigenvalue weighted by Gasteiger charge is 2.28. The molecule has 0 radical (unpaired) electrons. The predicted octanol–water partition coefficient (Wildman–Crippen LogP) is 2.11. The van der Waals surface area contributed by atoms with Crippen LogP contribution in [0.5, 0.6) is 5.75 Å². The molecule has 2 rings (SSSR count). The molecule has 2 N–H and O–H groups in total. The molecule has 1 aliphatic rings. The second kappa shape index (κ2) is 7.78. The maximum atomic E-state index is 6.07. The van der Waals surface area contributed by atoms with Crippen molar-refractivity contribution >= 4 is 0 Å². The average Bonchev–Trinajstić information content (AvgIpc) is 2.51. The molecule has 21 heavy (non-hydrogen) atoms. The Kier molecular flexibility index (Phi) is 6.03. The zero-order valence-corrected chi connectivity index (χ0v) is 13.6. The van der Waals surface area contributed by atoms with Gasteiger partial charge in [0.2, 0.25) is 0 Å². The maximum absolute atomic E-state index is 6.07. The van der Waals surface area contributed by atoms with Crippen molar-refractivity contribution in [2.75, 3.05) is 39.8 Å². The minimum absolute atomic E-state index is 0.284. The summed E-state index contributed by atoms with van der Waals surface area (Å²) in [5, 5.41) is 0. The number of hydrogen-bond acceptors (Lipinski definition) is 4. The molecule has 2 atom stereocenters. The topological polar surface area (TPSA) is 41.7 Å². The molecule has 0 amide bonds. The van der Waals surface area contributed by atoms with E-state index >= 15 is 0 Å². The molecule has 0 saturated carbocycles. The highest BCUT2D eigenvalue weighted by atomic mass is 16.5. The quantitative estimate of drug-likeness (QED) is 0.871. The minimum Gasteiger partial charge on any atom is -0.497 e. The van der Waals surface area contributed by atoms with E-state index in [0.29, 0.717) is 12.6 Å². The van der Waals surface area contributed by atoms with Crippen molar-refractivity contribution in [2.24, 2.45) is 5.73 Å². The lowest BCUT2D eigenvalue weighted by molar-refractivity contribution is 0.0571. The molecule has 118 valence electrons. The smallest absolute Gasteiger partial charge is 0.119 e. The Bertz CT molecular complexity index is 438. The number of hydrogen-bond donors (Lipinski definition) is 1. The summed E-state index contributed by atoms with van der Waals surface area (Å²) in [6, 6.07) is 9.18. The van der Waals surface area contributed by atoms with Crippen molar-refractivity contribution in [3.8, 4) is 5.75 Å². The molecule has 0 spiro atoms. The number of nitrogens with two attached hydrogens (primary N) is 1. The van der Waals surface area contributed by atoms with Crippen LogP contribution in [0, 0.1) is 0 Å². The molecule has 2 unspecified atom stereocenters. The highest BCUT2D eigenvalue weighted by Crippen LogP contribution is 2.26. The van der Waals surface area contributed by atoms with Gasteiger partial charge in [-0.05, 0) is 37.6 Å². The van der Waals surface area contributed by atoms with Crippen LogP contribution >= 0.6 is 0 Å². The van der Waals surface area contributed by atoms with Crippen LogP contribution in [0.1, 0.15) is 31.9 Å². The van der Waals surface area contributed by atoms with Crippen molar-refractivity contribution in [1.29, 1.82) is 0 Å². The lowest BCUT2D eigenvalue weighted by atomic mass is 10.0.